The first-order valence-corrected chi connectivity index (χ1v) is 10.8. The van der Waals surface area contributed by atoms with Gasteiger partial charge in [-0.2, -0.15) is 0 Å². The number of nitrogens with two attached hydrogens (primary N) is 1. The lowest BCUT2D eigenvalue weighted by Crippen LogP contribution is -2.43. The maximum absolute atomic E-state index is 13.2. The first-order chi connectivity index (χ1) is 14.1. The number of amides is 1. The normalized spacial score (nSPS) is 14.9. The third-order valence-corrected chi connectivity index (χ3v) is 6.11. The zero-order chi connectivity index (χ0) is 20.2. The van der Waals surface area contributed by atoms with E-state index in [4.69, 9.17) is 22.1 Å². The van der Waals surface area contributed by atoms with Crippen LogP contribution in [0.4, 0.5) is 10.8 Å². The van der Waals surface area contributed by atoms with Crippen molar-refractivity contribution in [1.82, 2.24) is 9.88 Å². The van der Waals surface area contributed by atoms with Crippen LogP contribution in [0, 0.1) is 0 Å². The fourth-order valence-electron chi connectivity index (χ4n) is 3.44. The maximum Gasteiger partial charge on any atom is 0.231 e. The summed E-state index contributed by atoms with van der Waals surface area (Å²) >= 11 is 7.41. The van der Waals surface area contributed by atoms with Crippen molar-refractivity contribution in [3.8, 4) is 0 Å². The van der Waals surface area contributed by atoms with Crippen LogP contribution in [0.3, 0.4) is 0 Å². The molecule has 0 unspecified atom stereocenters. The molecule has 2 aromatic carbocycles. The monoisotopic (exact) mass is 430 g/mol. The molecule has 0 spiro atoms. The van der Waals surface area contributed by atoms with Crippen molar-refractivity contribution >= 4 is 49.9 Å². The molecular formula is C21H23ClN4O2S. The third-order valence-electron chi connectivity index (χ3n) is 5.01. The Labute approximate surface area is 178 Å². The summed E-state index contributed by atoms with van der Waals surface area (Å²) in [7, 11) is 0. The number of hydrogen-bond acceptors (Lipinski definition) is 6. The Morgan fingerprint density at radius 3 is 2.72 bits per heavy atom. The molecule has 8 heteroatoms. The van der Waals surface area contributed by atoms with Crippen molar-refractivity contribution in [2.45, 2.75) is 6.42 Å². The maximum atomic E-state index is 13.2. The molecule has 6 nitrogen and oxygen atoms in total. The van der Waals surface area contributed by atoms with Gasteiger partial charge in [0.1, 0.15) is 0 Å². The van der Waals surface area contributed by atoms with Crippen LogP contribution >= 0.6 is 22.9 Å². The molecule has 2 heterocycles. The van der Waals surface area contributed by atoms with Crippen molar-refractivity contribution in [2.24, 2.45) is 0 Å². The summed E-state index contributed by atoms with van der Waals surface area (Å²) in [5.41, 5.74) is 8.51. The first kappa shape index (κ1) is 20.1. The number of hydrogen-bond donors (Lipinski definition) is 1. The molecule has 0 saturated carbocycles. The number of halogens is 1. The highest BCUT2D eigenvalue weighted by Gasteiger charge is 2.19. The fourth-order valence-corrected chi connectivity index (χ4v) is 4.33. The number of aromatic nitrogens is 1. The SMILES string of the molecule is Nc1nc2ccc(N(CCN3CCOCC3)C(=O)Cc3ccc(Cl)cc3)cc2s1. The standard InChI is InChI=1S/C21H23ClN4O2S/c22-16-3-1-15(2-4-16)13-20(27)26(8-7-25-9-11-28-12-10-25)17-5-6-18-19(14-17)29-21(23)24-18/h1-6,14H,7-13H2,(H2,23,24). The summed E-state index contributed by atoms with van der Waals surface area (Å²) in [6.07, 6.45) is 0.323. The van der Waals surface area contributed by atoms with Crippen LogP contribution in [0.2, 0.25) is 5.02 Å². The predicted molar refractivity (Wildman–Crippen MR) is 119 cm³/mol. The number of morpholine rings is 1. The van der Waals surface area contributed by atoms with Gasteiger partial charge < -0.3 is 15.4 Å². The summed E-state index contributed by atoms with van der Waals surface area (Å²) in [4.78, 5) is 21.7. The van der Waals surface area contributed by atoms with E-state index in [1.807, 2.05) is 47.4 Å². The van der Waals surface area contributed by atoms with Crippen LogP contribution in [-0.4, -0.2) is 55.2 Å². The van der Waals surface area contributed by atoms with Crippen molar-refractivity contribution in [2.75, 3.05) is 50.0 Å². The van der Waals surface area contributed by atoms with Gasteiger partial charge in [0, 0.05) is 36.9 Å². The van der Waals surface area contributed by atoms with E-state index in [2.05, 4.69) is 9.88 Å². The Hall–Kier alpha value is -2.19. The topological polar surface area (TPSA) is 71.7 Å². The van der Waals surface area contributed by atoms with Gasteiger partial charge in [-0.25, -0.2) is 4.98 Å². The first-order valence-electron chi connectivity index (χ1n) is 9.59. The molecular weight excluding hydrogens is 408 g/mol. The summed E-state index contributed by atoms with van der Waals surface area (Å²) in [6.45, 7) is 4.69. The molecule has 1 fully saturated rings. The molecule has 4 rings (SSSR count). The smallest absolute Gasteiger partial charge is 0.231 e. The van der Waals surface area contributed by atoms with Crippen molar-refractivity contribution in [1.29, 1.82) is 0 Å². The van der Waals surface area contributed by atoms with Gasteiger partial charge >= 0.3 is 0 Å². The lowest BCUT2D eigenvalue weighted by atomic mass is 10.1. The van der Waals surface area contributed by atoms with E-state index in [1.54, 1.807) is 0 Å². The van der Waals surface area contributed by atoms with Crippen LogP contribution in [0.25, 0.3) is 10.2 Å². The molecule has 3 aromatic rings. The van der Waals surface area contributed by atoms with Crippen LogP contribution in [0.15, 0.2) is 42.5 Å². The minimum Gasteiger partial charge on any atom is -0.379 e. The Balaban J connectivity index is 1.56. The van der Waals surface area contributed by atoms with E-state index in [0.29, 0.717) is 23.1 Å². The van der Waals surface area contributed by atoms with Crippen LogP contribution in [0.5, 0.6) is 0 Å². The number of fused-ring (bicyclic) bond motifs is 1. The molecule has 2 N–H and O–H groups in total. The fraction of sp³-hybridized carbons (Fsp3) is 0.333. The highest BCUT2D eigenvalue weighted by atomic mass is 35.5. The van der Waals surface area contributed by atoms with Gasteiger partial charge in [-0.05, 0) is 35.9 Å². The second-order valence-electron chi connectivity index (χ2n) is 7.01. The molecule has 0 atom stereocenters. The lowest BCUT2D eigenvalue weighted by molar-refractivity contribution is -0.118. The van der Waals surface area contributed by atoms with Gasteiger partial charge in [-0.1, -0.05) is 35.1 Å². The number of benzene rings is 2. The average molecular weight is 431 g/mol. The second kappa shape index (κ2) is 9.09. The zero-order valence-electron chi connectivity index (χ0n) is 16.0. The number of carbonyl (C=O) groups is 1. The predicted octanol–water partition coefficient (Wildman–Crippen LogP) is 3.44. The molecule has 1 aromatic heterocycles. The van der Waals surface area contributed by atoms with Crippen LogP contribution < -0.4 is 10.6 Å². The minimum atomic E-state index is 0.0532. The Kier molecular flexibility index (Phi) is 6.30. The molecule has 0 bridgehead atoms. The zero-order valence-corrected chi connectivity index (χ0v) is 17.6. The largest absolute Gasteiger partial charge is 0.379 e. The highest BCUT2D eigenvalue weighted by molar-refractivity contribution is 7.22. The van der Waals surface area contributed by atoms with E-state index in [-0.39, 0.29) is 5.91 Å². The molecule has 1 amide bonds. The quantitative estimate of drug-likeness (QED) is 0.648. The molecule has 152 valence electrons. The number of thiazole rings is 1. The van der Waals surface area contributed by atoms with Gasteiger partial charge in [-0.3, -0.25) is 9.69 Å². The highest BCUT2D eigenvalue weighted by Crippen LogP contribution is 2.28. The number of ether oxygens (including phenoxy) is 1. The summed E-state index contributed by atoms with van der Waals surface area (Å²) < 4.78 is 6.41. The van der Waals surface area contributed by atoms with Crippen molar-refractivity contribution in [3.05, 3.63) is 53.1 Å². The van der Waals surface area contributed by atoms with Crippen LogP contribution in [0.1, 0.15) is 5.56 Å². The molecule has 0 aliphatic carbocycles. The summed E-state index contributed by atoms with van der Waals surface area (Å²) in [6, 6.07) is 13.3. The Morgan fingerprint density at radius 1 is 1.21 bits per heavy atom. The molecule has 1 aliphatic rings. The van der Waals surface area contributed by atoms with Crippen LogP contribution in [-0.2, 0) is 16.0 Å². The molecule has 1 aliphatic heterocycles. The van der Waals surface area contributed by atoms with Gasteiger partial charge in [0.2, 0.25) is 5.91 Å². The number of carbonyl (C=O) groups excluding carboxylic acids is 1. The number of nitrogen functional groups attached to an aromatic ring is 1. The van der Waals surface area contributed by atoms with E-state index in [0.717, 1.165) is 54.3 Å². The summed E-state index contributed by atoms with van der Waals surface area (Å²) in [5, 5.41) is 1.20. The number of rotatable bonds is 6. The minimum absolute atomic E-state index is 0.0532. The summed E-state index contributed by atoms with van der Waals surface area (Å²) in [5.74, 6) is 0.0532. The molecule has 29 heavy (non-hydrogen) atoms. The lowest BCUT2D eigenvalue weighted by Gasteiger charge is -2.30. The molecule has 1 saturated heterocycles. The average Bonchev–Trinajstić information content (AvgIpc) is 3.10. The van der Waals surface area contributed by atoms with E-state index < -0.39 is 0 Å². The van der Waals surface area contributed by atoms with Gasteiger partial charge in [0.25, 0.3) is 0 Å². The Bertz CT molecular complexity index is 986. The van der Waals surface area contributed by atoms with E-state index in [1.165, 1.54) is 11.3 Å². The van der Waals surface area contributed by atoms with Crippen molar-refractivity contribution in [3.63, 3.8) is 0 Å². The molecule has 0 radical (unpaired) electrons. The van der Waals surface area contributed by atoms with Gasteiger partial charge in [0.15, 0.2) is 5.13 Å². The van der Waals surface area contributed by atoms with E-state index >= 15 is 0 Å². The number of anilines is 2. The second-order valence-corrected chi connectivity index (χ2v) is 8.51. The van der Waals surface area contributed by atoms with Crippen molar-refractivity contribution < 1.29 is 9.53 Å². The van der Waals surface area contributed by atoms with E-state index in [9.17, 15) is 4.79 Å². The van der Waals surface area contributed by atoms with Gasteiger partial charge in [-0.15, -0.1) is 0 Å². The number of nitrogens with zero attached hydrogens (tertiary/aromatic N) is 3. The Morgan fingerprint density at radius 2 is 1.97 bits per heavy atom. The third kappa shape index (κ3) is 5.05. The van der Waals surface area contributed by atoms with Gasteiger partial charge in [0.05, 0.1) is 29.9 Å².